The zero-order valence-electron chi connectivity index (χ0n) is 18.4. The number of aryl methyl sites for hydroxylation is 1. The van der Waals surface area contributed by atoms with Gasteiger partial charge in [-0.3, -0.25) is 4.79 Å². The Balaban J connectivity index is 1.47. The number of rotatable bonds is 6. The minimum Gasteiger partial charge on any atom is -0.496 e. The second kappa shape index (κ2) is 8.51. The lowest BCUT2D eigenvalue weighted by atomic mass is 10.1. The molecule has 0 atom stereocenters. The fraction of sp³-hybridized carbons (Fsp3) is 0.167. The van der Waals surface area contributed by atoms with E-state index in [9.17, 15) is 4.79 Å². The second-order valence-electron chi connectivity index (χ2n) is 7.65. The van der Waals surface area contributed by atoms with Gasteiger partial charge in [-0.15, -0.1) is 11.3 Å². The molecule has 0 aliphatic heterocycles. The van der Waals surface area contributed by atoms with Crippen molar-refractivity contribution in [1.82, 2.24) is 19.9 Å². The van der Waals surface area contributed by atoms with Gasteiger partial charge in [-0.05, 0) is 48.9 Å². The first-order valence-corrected chi connectivity index (χ1v) is 11.2. The van der Waals surface area contributed by atoms with E-state index in [-0.39, 0.29) is 5.91 Å². The Labute approximate surface area is 194 Å². The minimum atomic E-state index is -0.297. The number of thiazole rings is 1. The normalized spacial score (nSPS) is 11.1. The molecule has 2 N–H and O–H groups in total. The highest BCUT2D eigenvalue weighted by Crippen LogP contribution is 2.30. The summed E-state index contributed by atoms with van der Waals surface area (Å²) in [6, 6.07) is 11.4. The van der Waals surface area contributed by atoms with Crippen molar-refractivity contribution >= 4 is 50.0 Å². The van der Waals surface area contributed by atoms with Gasteiger partial charge in [-0.1, -0.05) is 0 Å². The standard InChI is InChI=1S/C24H22N6O2S/c1-14-28-18-12-16(4-5-20(18)33-14)29-24(31)21-19(32-3)8-11-27-23(21)30(2)13-15-6-9-25-22-17(15)7-10-26-22/h4-12H,13H2,1-3H3,(H,25,26)(H,29,31). The number of anilines is 2. The van der Waals surface area contributed by atoms with Crippen LogP contribution in [0.3, 0.4) is 0 Å². The second-order valence-corrected chi connectivity index (χ2v) is 8.88. The Morgan fingerprint density at radius 2 is 2.03 bits per heavy atom. The van der Waals surface area contributed by atoms with Gasteiger partial charge in [0.1, 0.15) is 22.8 Å². The van der Waals surface area contributed by atoms with E-state index in [0.29, 0.717) is 29.4 Å². The fourth-order valence-electron chi connectivity index (χ4n) is 3.91. The van der Waals surface area contributed by atoms with Crippen molar-refractivity contribution in [2.45, 2.75) is 13.5 Å². The molecule has 4 heterocycles. The number of aromatic amines is 1. The van der Waals surface area contributed by atoms with Crippen LogP contribution in [-0.4, -0.2) is 40.0 Å². The first kappa shape index (κ1) is 20.9. The van der Waals surface area contributed by atoms with Gasteiger partial charge in [0.15, 0.2) is 0 Å². The van der Waals surface area contributed by atoms with E-state index in [1.165, 1.54) is 0 Å². The van der Waals surface area contributed by atoms with Crippen molar-refractivity contribution < 1.29 is 9.53 Å². The molecule has 0 fully saturated rings. The quantitative estimate of drug-likeness (QED) is 0.380. The van der Waals surface area contributed by atoms with Gasteiger partial charge >= 0.3 is 0 Å². The summed E-state index contributed by atoms with van der Waals surface area (Å²) in [4.78, 5) is 31.8. The first-order valence-electron chi connectivity index (χ1n) is 10.4. The van der Waals surface area contributed by atoms with Crippen molar-refractivity contribution in [1.29, 1.82) is 0 Å². The number of pyridine rings is 2. The molecule has 0 bridgehead atoms. The average Bonchev–Trinajstić information content (AvgIpc) is 3.44. The van der Waals surface area contributed by atoms with Gasteiger partial charge in [0.25, 0.3) is 5.91 Å². The summed E-state index contributed by atoms with van der Waals surface area (Å²) in [5.74, 6) is 0.684. The molecule has 0 spiro atoms. The van der Waals surface area contributed by atoms with Crippen LogP contribution in [0.25, 0.3) is 21.3 Å². The summed E-state index contributed by atoms with van der Waals surface area (Å²) in [6.07, 6.45) is 5.28. The summed E-state index contributed by atoms with van der Waals surface area (Å²) in [5.41, 5.74) is 3.80. The maximum atomic E-state index is 13.4. The van der Waals surface area contributed by atoms with Crippen molar-refractivity contribution in [3.8, 4) is 5.75 Å². The summed E-state index contributed by atoms with van der Waals surface area (Å²) in [7, 11) is 3.45. The Morgan fingerprint density at radius 1 is 1.18 bits per heavy atom. The summed E-state index contributed by atoms with van der Waals surface area (Å²) >= 11 is 1.62. The van der Waals surface area contributed by atoms with Crippen molar-refractivity contribution in [2.75, 3.05) is 24.4 Å². The smallest absolute Gasteiger partial charge is 0.263 e. The van der Waals surface area contributed by atoms with E-state index in [2.05, 4.69) is 25.3 Å². The Morgan fingerprint density at radius 3 is 2.88 bits per heavy atom. The van der Waals surface area contributed by atoms with Crippen molar-refractivity contribution in [2.24, 2.45) is 0 Å². The van der Waals surface area contributed by atoms with Crippen LogP contribution >= 0.6 is 11.3 Å². The van der Waals surface area contributed by atoms with Crippen molar-refractivity contribution in [3.63, 3.8) is 0 Å². The van der Waals surface area contributed by atoms with Crippen molar-refractivity contribution in [3.05, 3.63) is 71.1 Å². The van der Waals surface area contributed by atoms with Crippen LogP contribution in [0, 0.1) is 6.92 Å². The summed E-state index contributed by atoms with van der Waals surface area (Å²) in [6.45, 7) is 2.51. The maximum Gasteiger partial charge on any atom is 0.263 e. The third-order valence-electron chi connectivity index (χ3n) is 5.41. The molecule has 5 aromatic rings. The third kappa shape index (κ3) is 3.98. The molecule has 33 heavy (non-hydrogen) atoms. The van der Waals surface area contributed by atoms with Gasteiger partial charge in [0.05, 0.1) is 22.3 Å². The van der Waals surface area contributed by atoms with Crippen LogP contribution in [0.4, 0.5) is 11.5 Å². The molecule has 0 aliphatic carbocycles. The van der Waals surface area contributed by atoms with E-state index in [4.69, 9.17) is 4.74 Å². The fourth-order valence-corrected chi connectivity index (χ4v) is 4.71. The van der Waals surface area contributed by atoms with Gasteiger partial charge in [0, 0.05) is 43.3 Å². The number of benzene rings is 1. The van der Waals surface area contributed by atoms with Crippen LogP contribution in [0.5, 0.6) is 5.75 Å². The number of carbonyl (C=O) groups is 1. The molecule has 1 amide bonds. The van der Waals surface area contributed by atoms with Crippen LogP contribution in [0.2, 0.25) is 0 Å². The molecule has 1 aromatic carbocycles. The molecule has 0 radical (unpaired) electrons. The molecular formula is C24H22N6O2S. The molecule has 8 nitrogen and oxygen atoms in total. The van der Waals surface area contributed by atoms with E-state index in [0.717, 1.165) is 31.8 Å². The van der Waals surface area contributed by atoms with Gasteiger partial charge < -0.3 is 19.9 Å². The largest absolute Gasteiger partial charge is 0.496 e. The van der Waals surface area contributed by atoms with E-state index in [1.807, 2.05) is 55.4 Å². The molecule has 4 aromatic heterocycles. The number of methoxy groups -OCH3 is 1. The highest BCUT2D eigenvalue weighted by atomic mass is 32.1. The average molecular weight is 459 g/mol. The minimum absolute atomic E-state index is 0.297. The number of hydrogen-bond acceptors (Lipinski definition) is 7. The topological polar surface area (TPSA) is 96.0 Å². The molecule has 9 heteroatoms. The highest BCUT2D eigenvalue weighted by molar-refractivity contribution is 7.18. The number of aromatic nitrogens is 4. The lowest BCUT2D eigenvalue weighted by Crippen LogP contribution is -2.24. The number of ether oxygens (including phenoxy) is 1. The number of carbonyl (C=O) groups excluding carboxylic acids is 1. The Kier molecular flexibility index (Phi) is 5.39. The van der Waals surface area contributed by atoms with E-state index < -0.39 is 0 Å². The van der Waals surface area contributed by atoms with Crippen LogP contribution < -0.4 is 15.0 Å². The zero-order valence-corrected chi connectivity index (χ0v) is 19.2. The number of H-pyrrole nitrogens is 1. The molecule has 0 saturated heterocycles. The SMILES string of the molecule is COc1ccnc(N(C)Cc2ccnc3[nH]ccc23)c1C(=O)Nc1ccc2sc(C)nc2c1. The summed E-state index contributed by atoms with van der Waals surface area (Å²) in [5, 5.41) is 5.00. The van der Waals surface area contributed by atoms with Crippen LogP contribution in [0.15, 0.2) is 55.0 Å². The van der Waals surface area contributed by atoms with E-state index >= 15 is 0 Å². The zero-order chi connectivity index (χ0) is 22.9. The number of amides is 1. The number of fused-ring (bicyclic) bond motifs is 2. The van der Waals surface area contributed by atoms with Gasteiger partial charge in [0.2, 0.25) is 0 Å². The number of hydrogen-bond donors (Lipinski definition) is 2. The third-order valence-corrected chi connectivity index (χ3v) is 6.36. The molecule has 166 valence electrons. The predicted molar refractivity (Wildman–Crippen MR) is 131 cm³/mol. The monoisotopic (exact) mass is 458 g/mol. The predicted octanol–water partition coefficient (Wildman–Crippen LogP) is 4.77. The molecule has 0 aliphatic rings. The number of nitrogens with zero attached hydrogens (tertiary/aromatic N) is 4. The lowest BCUT2D eigenvalue weighted by Gasteiger charge is -2.22. The summed E-state index contributed by atoms with van der Waals surface area (Å²) < 4.78 is 6.61. The van der Waals surface area contributed by atoms with Crippen LogP contribution in [0.1, 0.15) is 20.9 Å². The molecular weight excluding hydrogens is 436 g/mol. The van der Waals surface area contributed by atoms with Crippen LogP contribution in [-0.2, 0) is 6.54 Å². The van der Waals surface area contributed by atoms with E-state index in [1.54, 1.807) is 36.9 Å². The first-order chi connectivity index (χ1) is 16.0. The van der Waals surface area contributed by atoms with Gasteiger partial charge in [-0.2, -0.15) is 0 Å². The maximum absolute atomic E-state index is 13.4. The highest BCUT2D eigenvalue weighted by Gasteiger charge is 2.22. The molecule has 5 rings (SSSR count). The molecule has 0 unspecified atom stereocenters. The van der Waals surface area contributed by atoms with Gasteiger partial charge in [-0.25, -0.2) is 15.0 Å². The Bertz CT molecular complexity index is 1470. The Hall–Kier alpha value is -3.98. The lowest BCUT2D eigenvalue weighted by molar-refractivity contribution is 0.102. The number of nitrogens with one attached hydrogen (secondary N) is 2. The molecule has 0 saturated carbocycles.